The molecule has 2 heterocycles. The van der Waals surface area contributed by atoms with Gasteiger partial charge in [0.05, 0.1) is 6.54 Å². The minimum atomic E-state index is 0.281. The zero-order valence-electron chi connectivity index (χ0n) is 17.1. The monoisotopic (exact) mass is 381 g/mol. The fraction of sp³-hybridized carbons (Fsp3) is 0.708. The van der Waals surface area contributed by atoms with Crippen LogP contribution in [0.5, 0.6) is 0 Å². The predicted molar refractivity (Wildman–Crippen MR) is 112 cm³/mol. The van der Waals surface area contributed by atoms with Gasteiger partial charge in [0.15, 0.2) is 0 Å². The lowest BCUT2D eigenvalue weighted by Gasteiger charge is -2.35. The third-order valence-electron chi connectivity index (χ3n) is 7.44. The number of nitrogens with zero attached hydrogens (tertiary/aromatic N) is 2. The molecule has 2 aliphatic heterocycles. The zero-order valence-corrected chi connectivity index (χ0v) is 17.1. The molecule has 5 rings (SSSR count). The summed E-state index contributed by atoms with van der Waals surface area (Å²) in [6.07, 6.45) is 10.4. The minimum absolute atomic E-state index is 0.281. The molecule has 0 aromatic heterocycles. The van der Waals surface area contributed by atoms with Gasteiger partial charge in [-0.3, -0.25) is 14.6 Å². The molecule has 1 amide bonds. The summed E-state index contributed by atoms with van der Waals surface area (Å²) in [6.45, 7) is 3.94. The highest BCUT2D eigenvalue weighted by molar-refractivity contribution is 5.78. The normalized spacial score (nSPS) is 28.9. The van der Waals surface area contributed by atoms with Gasteiger partial charge < -0.3 is 5.32 Å². The van der Waals surface area contributed by atoms with Crippen molar-refractivity contribution in [3.63, 3.8) is 0 Å². The first-order chi connectivity index (χ1) is 13.8. The Bertz CT molecular complexity index is 658. The average molecular weight is 382 g/mol. The Kier molecular flexibility index (Phi) is 5.43. The lowest BCUT2D eigenvalue weighted by molar-refractivity contribution is -0.123. The summed E-state index contributed by atoms with van der Waals surface area (Å²) in [6, 6.07) is 12.5. The van der Waals surface area contributed by atoms with Gasteiger partial charge in [-0.25, -0.2) is 0 Å². The van der Waals surface area contributed by atoms with Crippen molar-refractivity contribution in [2.75, 3.05) is 19.6 Å². The van der Waals surface area contributed by atoms with E-state index in [9.17, 15) is 4.79 Å². The lowest BCUT2D eigenvalue weighted by atomic mass is 10.0. The molecule has 4 fully saturated rings. The molecule has 4 nitrogen and oxygen atoms in total. The van der Waals surface area contributed by atoms with Gasteiger partial charge >= 0.3 is 0 Å². The predicted octanol–water partition coefficient (Wildman–Crippen LogP) is 3.42. The summed E-state index contributed by atoms with van der Waals surface area (Å²) in [5.41, 5.74) is 1.41. The van der Waals surface area contributed by atoms with Gasteiger partial charge in [0.1, 0.15) is 0 Å². The second-order valence-electron chi connectivity index (χ2n) is 9.61. The Hall–Kier alpha value is -1.39. The van der Waals surface area contributed by atoms with Crippen LogP contribution in [-0.2, 0) is 11.3 Å². The molecule has 4 aliphatic rings. The maximum Gasteiger partial charge on any atom is 0.234 e. The van der Waals surface area contributed by atoms with Crippen molar-refractivity contribution in [3.05, 3.63) is 35.9 Å². The number of carbonyl (C=O) groups excluding carboxylic acids is 1. The summed E-state index contributed by atoms with van der Waals surface area (Å²) in [4.78, 5) is 18.0. The number of carbonyl (C=O) groups is 1. The van der Waals surface area contributed by atoms with Crippen LogP contribution in [0.15, 0.2) is 30.3 Å². The maximum absolute atomic E-state index is 12.8. The van der Waals surface area contributed by atoms with Crippen LogP contribution in [0.3, 0.4) is 0 Å². The standard InChI is InChI=1S/C24H35N3O/c28-23(25-24(19-10-11-19)20-12-13-20)17-27-15-5-9-22(27)21-8-4-14-26(21)16-18-6-2-1-3-7-18/h1-3,6-7,19-22,24H,4-5,8-17H2,(H,25,28). The number of hydrogen-bond donors (Lipinski definition) is 1. The van der Waals surface area contributed by atoms with Gasteiger partial charge in [0.2, 0.25) is 5.91 Å². The lowest BCUT2D eigenvalue weighted by Crippen LogP contribution is -2.50. The van der Waals surface area contributed by atoms with Gasteiger partial charge in [0, 0.05) is 24.7 Å². The third kappa shape index (κ3) is 4.28. The van der Waals surface area contributed by atoms with Gasteiger partial charge in [-0.1, -0.05) is 30.3 Å². The van der Waals surface area contributed by atoms with Gasteiger partial charge in [0.25, 0.3) is 0 Å². The number of rotatable bonds is 8. The fourth-order valence-corrected chi connectivity index (χ4v) is 5.73. The molecule has 1 aromatic carbocycles. The van der Waals surface area contributed by atoms with Crippen molar-refractivity contribution in [2.24, 2.45) is 11.8 Å². The first-order valence-corrected chi connectivity index (χ1v) is 11.6. The Labute approximate surface area is 169 Å². The van der Waals surface area contributed by atoms with Crippen molar-refractivity contribution >= 4 is 5.91 Å². The smallest absolute Gasteiger partial charge is 0.234 e. The number of likely N-dealkylation sites (tertiary alicyclic amines) is 2. The van der Waals surface area contributed by atoms with E-state index >= 15 is 0 Å². The first kappa shape index (κ1) is 18.6. The van der Waals surface area contributed by atoms with Crippen LogP contribution >= 0.6 is 0 Å². The molecule has 0 bridgehead atoms. The van der Waals surface area contributed by atoms with Crippen LogP contribution in [0.4, 0.5) is 0 Å². The molecule has 1 N–H and O–H groups in total. The highest BCUT2D eigenvalue weighted by atomic mass is 16.2. The topological polar surface area (TPSA) is 35.6 Å². The summed E-state index contributed by atoms with van der Waals surface area (Å²) in [5.74, 6) is 1.84. The van der Waals surface area contributed by atoms with E-state index in [4.69, 9.17) is 0 Å². The largest absolute Gasteiger partial charge is 0.352 e. The quantitative estimate of drug-likeness (QED) is 0.749. The van der Waals surface area contributed by atoms with E-state index in [0.29, 0.717) is 24.7 Å². The maximum atomic E-state index is 12.8. The summed E-state index contributed by atoms with van der Waals surface area (Å²) in [7, 11) is 0. The van der Waals surface area contributed by atoms with Crippen LogP contribution in [0, 0.1) is 11.8 Å². The van der Waals surface area contributed by atoms with Crippen molar-refractivity contribution < 1.29 is 4.79 Å². The van der Waals surface area contributed by atoms with Gasteiger partial charge in [-0.2, -0.15) is 0 Å². The van der Waals surface area contributed by atoms with E-state index in [-0.39, 0.29) is 5.91 Å². The van der Waals surface area contributed by atoms with E-state index in [2.05, 4.69) is 45.4 Å². The van der Waals surface area contributed by atoms with E-state index in [1.54, 1.807) is 0 Å². The molecule has 4 heteroatoms. The highest BCUT2D eigenvalue weighted by Crippen LogP contribution is 2.44. The third-order valence-corrected chi connectivity index (χ3v) is 7.44. The summed E-state index contributed by atoms with van der Waals surface area (Å²) >= 11 is 0. The number of amides is 1. The Morgan fingerprint density at radius 3 is 2.14 bits per heavy atom. The second kappa shape index (κ2) is 8.16. The van der Waals surface area contributed by atoms with Crippen LogP contribution in [0.25, 0.3) is 0 Å². The van der Waals surface area contributed by atoms with E-state index in [1.165, 1.54) is 63.5 Å². The molecular formula is C24H35N3O. The van der Waals surface area contributed by atoms with E-state index in [0.717, 1.165) is 24.9 Å². The molecule has 2 unspecified atom stereocenters. The van der Waals surface area contributed by atoms with Crippen molar-refractivity contribution in [3.8, 4) is 0 Å². The average Bonchev–Trinajstić information content (AvgIpc) is 3.63. The Morgan fingerprint density at radius 1 is 0.893 bits per heavy atom. The van der Waals surface area contributed by atoms with Crippen molar-refractivity contribution in [1.82, 2.24) is 15.1 Å². The van der Waals surface area contributed by atoms with Crippen LogP contribution < -0.4 is 5.32 Å². The van der Waals surface area contributed by atoms with Crippen molar-refractivity contribution in [1.29, 1.82) is 0 Å². The molecule has 1 aromatic rings. The minimum Gasteiger partial charge on any atom is -0.352 e. The molecule has 28 heavy (non-hydrogen) atoms. The molecule has 2 saturated heterocycles. The second-order valence-corrected chi connectivity index (χ2v) is 9.61. The fourth-order valence-electron chi connectivity index (χ4n) is 5.73. The Balaban J connectivity index is 1.19. The van der Waals surface area contributed by atoms with Crippen LogP contribution in [0.2, 0.25) is 0 Å². The van der Waals surface area contributed by atoms with E-state index in [1.807, 2.05) is 0 Å². The number of hydrogen-bond acceptors (Lipinski definition) is 3. The highest BCUT2D eigenvalue weighted by Gasteiger charge is 2.43. The van der Waals surface area contributed by atoms with Crippen molar-refractivity contribution in [2.45, 2.75) is 76.0 Å². The zero-order chi connectivity index (χ0) is 18.9. The van der Waals surface area contributed by atoms with Crippen LogP contribution in [-0.4, -0.2) is 53.5 Å². The molecule has 2 aliphatic carbocycles. The SMILES string of the molecule is O=C(CN1CCCC1C1CCCN1Cc1ccccc1)NC(C1CC1)C1CC1. The number of nitrogens with one attached hydrogen (secondary N) is 1. The summed E-state index contributed by atoms with van der Waals surface area (Å²) in [5, 5.41) is 3.44. The van der Waals surface area contributed by atoms with E-state index < -0.39 is 0 Å². The molecule has 152 valence electrons. The van der Waals surface area contributed by atoms with Crippen LogP contribution in [0.1, 0.15) is 56.9 Å². The molecule has 2 atom stereocenters. The van der Waals surface area contributed by atoms with Gasteiger partial charge in [-0.05, 0) is 81.9 Å². The Morgan fingerprint density at radius 2 is 1.50 bits per heavy atom. The molecular weight excluding hydrogens is 346 g/mol. The molecule has 2 saturated carbocycles. The number of benzene rings is 1. The molecule has 0 spiro atoms. The van der Waals surface area contributed by atoms with Gasteiger partial charge in [-0.15, -0.1) is 0 Å². The summed E-state index contributed by atoms with van der Waals surface area (Å²) < 4.78 is 0. The first-order valence-electron chi connectivity index (χ1n) is 11.6. The molecule has 0 radical (unpaired) electrons.